The standard InChI is InChI=1S/C26H36N2O4/c1-2-3-4-5-6-7-8-9-10-11-24(31-25(29)20-12-16-22(27)17-13-20)32-26(30)21-14-18-23(28)19-15-21/h12-19,24H,2-11,27-28H2,1H3. The Morgan fingerprint density at radius 1 is 0.656 bits per heavy atom. The number of carbonyl (C=O) groups excluding carboxylic acids is 2. The van der Waals surface area contributed by atoms with Gasteiger partial charge in [-0.1, -0.05) is 58.3 Å². The number of carbonyl (C=O) groups is 2. The fourth-order valence-electron chi connectivity index (χ4n) is 3.38. The third kappa shape index (κ3) is 9.41. The van der Waals surface area contributed by atoms with Crippen LogP contribution in [0.4, 0.5) is 11.4 Å². The van der Waals surface area contributed by atoms with Crippen molar-refractivity contribution in [2.75, 3.05) is 11.5 Å². The first-order valence-electron chi connectivity index (χ1n) is 11.6. The van der Waals surface area contributed by atoms with Gasteiger partial charge in [-0.25, -0.2) is 9.59 Å². The lowest BCUT2D eigenvalue weighted by Gasteiger charge is -2.18. The van der Waals surface area contributed by atoms with Crippen molar-refractivity contribution in [3.8, 4) is 0 Å². The van der Waals surface area contributed by atoms with Crippen LogP contribution in [0.2, 0.25) is 0 Å². The molecule has 0 aliphatic rings. The van der Waals surface area contributed by atoms with Crippen molar-refractivity contribution < 1.29 is 19.1 Å². The first kappa shape index (κ1) is 25.2. The van der Waals surface area contributed by atoms with Gasteiger partial charge in [-0.05, 0) is 55.0 Å². The maximum absolute atomic E-state index is 12.5. The second-order valence-corrected chi connectivity index (χ2v) is 8.10. The molecule has 6 nitrogen and oxygen atoms in total. The monoisotopic (exact) mass is 440 g/mol. The molecule has 0 spiro atoms. The maximum atomic E-state index is 12.5. The fourth-order valence-corrected chi connectivity index (χ4v) is 3.38. The van der Waals surface area contributed by atoms with Crippen molar-refractivity contribution in [3.63, 3.8) is 0 Å². The molecule has 0 aliphatic heterocycles. The van der Waals surface area contributed by atoms with Crippen molar-refractivity contribution in [1.82, 2.24) is 0 Å². The molecule has 32 heavy (non-hydrogen) atoms. The minimum atomic E-state index is -0.949. The number of unbranched alkanes of at least 4 members (excludes halogenated alkanes) is 8. The van der Waals surface area contributed by atoms with E-state index >= 15 is 0 Å². The smallest absolute Gasteiger partial charge is 0.341 e. The second-order valence-electron chi connectivity index (χ2n) is 8.10. The predicted octanol–water partition coefficient (Wildman–Crippen LogP) is 6.11. The summed E-state index contributed by atoms with van der Waals surface area (Å²) in [5.74, 6) is -1.09. The van der Waals surface area contributed by atoms with Gasteiger partial charge in [0.05, 0.1) is 11.1 Å². The van der Waals surface area contributed by atoms with Gasteiger partial charge in [0.1, 0.15) is 0 Å². The summed E-state index contributed by atoms with van der Waals surface area (Å²) in [6.45, 7) is 2.22. The van der Waals surface area contributed by atoms with Gasteiger partial charge < -0.3 is 20.9 Å². The van der Waals surface area contributed by atoms with Crippen molar-refractivity contribution in [2.45, 2.75) is 77.4 Å². The van der Waals surface area contributed by atoms with Crippen LogP contribution in [0.15, 0.2) is 48.5 Å². The highest BCUT2D eigenvalue weighted by Gasteiger charge is 2.21. The van der Waals surface area contributed by atoms with Gasteiger partial charge in [0.15, 0.2) is 0 Å². The molecular formula is C26H36N2O4. The Bertz CT molecular complexity index is 759. The number of esters is 2. The maximum Gasteiger partial charge on any atom is 0.341 e. The number of anilines is 2. The van der Waals surface area contributed by atoms with Crippen molar-refractivity contribution in [3.05, 3.63) is 59.7 Å². The highest BCUT2D eigenvalue weighted by molar-refractivity contribution is 5.91. The lowest BCUT2D eigenvalue weighted by atomic mass is 10.1. The Morgan fingerprint density at radius 2 is 1.03 bits per heavy atom. The summed E-state index contributed by atoms with van der Waals surface area (Å²) >= 11 is 0. The summed E-state index contributed by atoms with van der Waals surface area (Å²) in [5.41, 5.74) is 13.2. The molecule has 0 unspecified atom stereocenters. The number of benzene rings is 2. The third-order valence-corrected chi connectivity index (χ3v) is 5.31. The van der Waals surface area contributed by atoms with Crippen LogP contribution < -0.4 is 11.5 Å². The molecule has 2 rings (SSSR count). The van der Waals surface area contributed by atoms with Crippen LogP contribution in [0.3, 0.4) is 0 Å². The van der Waals surface area contributed by atoms with E-state index in [0.717, 1.165) is 19.3 Å². The molecule has 0 aliphatic carbocycles. The molecule has 6 heteroatoms. The average molecular weight is 441 g/mol. The molecule has 4 N–H and O–H groups in total. The zero-order valence-electron chi connectivity index (χ0n) is 19.1. The molecule has 0 fully saturated rings. The van der Waals surface area contributed by atoms with E-state index in [-0.39, 0.29) is 0 Å². The number of hydrogen-bond acceptors (Lipinski definition) is 6. The van der Waals surface area contributed by atoms with Gasteiger partial charge in [-0.15, -0.1) is 0 Å². The van der Waals surface area contributed by atoms with Gasteiger partial charge in [0.25, 0.3) is 0 Å². The Morgan fingerprint density at radius 3 is 1.44 bits per heavy atom. The minimum absolute atomic E-state index is 0.361. The van der Waals surface area contributed by atoms with Crippen LogP contribution in [-0.2, 0) is 9.47 Å². The minimum Gasteiger partial charge on any atom is -0.422 e. The lowest BCUT2D eigenvalue weighted by molar-refractivity contribution is -0.0838. The van der Waals surface area contributed by atoms with E-state index in [9.17, 15) is 9.59 Å². The zero-order valence-corrected chi connectivity index (χ0v) is 19.1. The first-order valence-corrected chi connectivity index (χ1v) is 11.6. The molecule has 0 aromatic heterocycles. The highest BCUT2D eigenvalue weighted by Crippen LogP contribution is 2.17. The quantitative estimate of drug-likeness (QED) is 0.159. The molecule has 0 bridgehead atoms. The number of rotatable bonds is 14. The second kappa shape index (κ2) is 14.1. The van der Waals surface area contributed by atoms with Crippen LogP contribution in [0.25, 0.3) is 0 Å². The van der Waals surface area contributed by atoms with Crippen molar-refractivity contribution in [2.24, 2.45) is 0 Å². The average Bonchev–Trinajstić information content (AvgIpc) is 2.78. The zero-order chi connectivity index (χ0) is 23.2. The summed E-state index contributed by atoms with van der Waals surface area (Å²) in [6.07, 6.45) is 10.0. The van der Waals surface area contributed by atoms with Gasteiger partial charge in [0, 0.05) is 17.8 Å². The Balaban J connectivity index is 1.87. The van der Waals surface area contributed by atoms with Crippen LogP contribution in [0.5, 0.6) is 0 Å². The van der Waals surface area contributed by atoms with E-state index in [1.807, 2.05) is 0 Å². The highest BCUT2D eigenvalue weighted by atomic mass is 16.7. The fraction of sp³-hybridized carbons (Fsp3) is 0.462. The number of ether oxygens (including phenoxy) is 2. The van der Waals surface area contributed by atoms with Gasteiger partial charge in [-0.3, -0.25) is 0 Å². The molecule has 0 heterocycles. The Labute approximate surface area is 191 Å². The number of nitrogens with two attached hydrogens (primary N) is 2. The van der Waals surface area contributed by atoms with Crippen LogP contribution in [0.1, 0.15) is 91.8 Å². The SMILES string of the molecule is CCCCCCCCCCCC(OC(=O)c1ccc(N)cc1)OC(=O)c1ccc(N)cc1. The van der Waals surface area contributed by atoms with Crippen LogP contribution in [-0.4, -0.2) is 18.2 Å². The summed E-state index contributed by atoms with van der Waals surface area (Å²) in [6, 6.07) is 12.9. The van der Waals surface area contributed by atoms with Crippen molar-refractivity contribution >= 4 is 23.3 Å². The summed E-state index contributed by atoms with van der Waals surface area (Å²) in [5, 5.41) is 0. The topological polar surface area (TPSA) is 105 Å². The van der Waals surface area contributed by atoms with E-state index < -0.39 is 18.2 Å². The van der Waals surface area contributed by atoms with E-state index in [0.29, 0.717) is 28.9 Å². The summed E-state index contributed by atoms with van der Waals surface area (Å²) in [7, 11) is 0. The molecule has 0 atom stereocenters. The molecule has 2 aromatic carbocycles. The number of hydrogen-bond donors (Lipinski definition) is 2. The number of nitrogen functional groups attached to an aromatic ring is 2. The molecular weight excluding hydrogens is 404 g/mol. The van der Waals surface area contributed by atoms with Crippen LogP contribution >= 0.6 is 0 Å². The largest absolute Gasteiger partial charge is 0.422 e. The third-order valence-electron chi connectivity index (χ3n) is 5.31. The van der Waals surface area contributed by atoms with Gasteiger partial charge in [0.2, 0.25) is 6.29 Å². The van der Waals surface area contributed by atoms with E-state index in [1.165, 1.54) is 38.5 Å². The van der Waals surface area contributed by atoms with E-state index in [4.69, 9.17) is 20.9 Å². The van der Waals surface area contributed by atoms with E-state index in [2.05, 4.69) is 6.92 Å². The summed E-state index contributed by atoms with van der Waals surface area (Å²) < 4.78 is 11.0. The molecule has 0 radical (unpaired) electrons. The molecule has 174 valence electrons. The molecule has 0 saturated heterocycles. The van der Waals surface area contributed by atoms with Crippen LogP contribution in [0, 0.1) is 0 Å². The van der Waals surface area contributed by atoms with Gasteiger partial charge in [-0.2, -0.15) is 0 Å². The van der Waals surface area contributed by atoms with E-state index in [1.54, 1.807) is 48.5 Å². The predicted molar refractivity (Wildman–Crippen MR) is 128 cm³/mol. The molecule has 0 amide bonds. The molecule has 0 saturated carbocycles. The Kier molecular flexibility index (Phi) is 11.1. The lowest BCUT2D eigenvalue weighted by Crippen LogP contribution is -2.25. The normalized spacial score (nSPS) is 10.8. The molecule has 2 aromatic rings. The van der Waals surface area contributed by atoms with Crippen molar-refractivity contribution in [1.29, 1.82) is 0 Å². The summed E-state index contributed by atoms with van der Waals surface area (Å²) in [4.78, 5) is 25.0. The first-order chi connectivity index (χ1) is 15.5. The Hall–Kier alpha value is -3.02. The van der Waals surface area contributed by atoms with Gasteiger partial charge >= 0.3 is 11.9 Å².